The van der Waals surface area contributed by atoms with Crippen molar-refractivity contribution in [2.45, 2.75) is 35.1 Å². The molecular formula is C19H21FN2O2S. The topological polar surface area (TPSA) is 58.2 Å². The Morgan fingerprint density at radius 2 is 1.92 bits per heavy atom. The van der Waals surface area contributed by atoms with Crippen LogP contribution in [0.3, 0.4) is 0 Å². The molecule has 2 aromatic carbocycles. The molecular weight excluding hydrogens is 339 g/mol. The molecule has 1 fully saturated rings. The lowest BCUT2D eigenvalue weighted by Crippen LogP contribution is -2.31. The molecule has 6 heteroatoms. The molecule has 2 unspecified atom stereocenters. The second-order valence-corrected chi connectivity index (χ2v) is 8.91. The highest BCUT2D eigenvalue weighted by atomic mass is 32.2. The number of anilines is 1. The Labute approximate surface area is 147 Å². The number of sulfone groups is 1. The summed E-state index contributed by atoms with van der Waals surface area (Å²) in [4.78, 5) is 0.218. The van der Waals surface area contributed by atoms with E-state index in [4.69, 9.17) is 0 Å². The summed E-state index contributed by atoms with van der Waals surface area (Å²) in [6, 6.07) is 10.7. The highest BCUT2D eigenvalue weighted by Crippen LogP contribution is 2.43. The van der Waals surface area contributed by atoms with Crippen LogP contribution in [-0.4, -0.2) is 27.5 Å². The Kier molecular flexibility index (Phi) is 4.04. The summed E-state index contributed by atoms with van der Waals surface area (Å²) in [6.45, 7) is 4.09. The van der Waals surface area contributed by atoms with E-state index < -0.39 is 15.7 Å². The number of hydrogen-bond acceptors (Lipinski definition) is 4. The molecule has 25 heavy (non-hydrogen) atoms. The van der Waals surface area contributed by atoms with Crippen LogP contribution in [0.4, 0.5) is 10.1 Å². The maximum Gasteiger partial charge on any atom is 0.206 e. The van der Waals surface area contributed by atoms with Crippen LogP contribution in [0.1, 0.15) is 24.8 Å². The summed E-state index contributed by atoms with van der Waals surface area (Å²) in [5.74, 6) is 0.207. The van der Waals surface area contributed by atoms with Gasteiger partial charge in [0.2, 0.25) is 9.84 Å². The normalized spacial score (nSPS) is 25.6. The number of nitrogens with one attached hydrogen (secondary N) is 2. The van der Waals surface area contributed by atoms with E-state index in [2.05, 4.69) is 17.6 Å². The molecule has 0 saturated carbocycles. The summed E-state index contributed by atoms with van der Waals surface area (Å²) in [7, 11) is -3.73. The third-order valence-corrected chi connectivity index (χ3v) is 7.06. The zero-order chi connectivity index (χ0) is 17.6. The van der Waals surface area contributed by atoms with E-state index in [0.717, 1.165) is 36.8 Å². The molecule has 4 rings (SSSR count). The predicted molar refractivity (Wildman–Crippen MR) is 95.1 cm³/mol. The summed E-state index contributed by atoms with van der Waals surface area (Å²) < 4.78 is 39.2. The minimum Gasteiger partial charge on any atom is -0.381 e. The van der Waals surface area contributed by atoms with Crippen LogP contribution < -0.4 is 10.6 Å². The number of rotatable bonds is 2. The summed E-state index contributed by atoms with van der Waals surface area (Å²) in [5.41, 5.74) is 2.07. The van der Waals surface area contributed by atoms with Crippen molar-refractivity contribution in [2.24, 2.45) is 5.92 Å². The standard InChI is InChI=1S/C19H21FN2O2S/c1-12-11-21-8-7-16-17-10-15(5-6-18(17)22-19(12)16)25(23,24)14-4-2-3-13(20)9-14/h2-6,9-10,12,16,19,21-22H,7-8,11H2,1H3/t12?,16-,19?/m1/s1. The Morgan fingerprint density at radius 1 is 1.12 bits per heavy atom. The van der Waals surface area contributed by atoms with Gasteiger partial charge in [-0.3, -0.25) is 0 Å². The molecule has 4 nitrogen and oxygen atoms in total. The molecule has 2 aliphatic heterocycles. The third kappa shape index (κ3) is 2.83. The molecule has 132 valence electrons. The molecule has 0 amide bonds. The van der Waals surface area contributed by atoms with Crippen LogP contribution in [0.5, 0.6) is 0 Å². The number of hydrogen-bond donors (Lipinski definition) is 2. The van der Waals surface area contributed by atoms with Gasteiger partial charge in [-0.1, -0.05) is 13.0 Å². The van der Waals surface area contributed by atoms with Crippen molar-refractivity contribution < 1.29 is 12.8 Å². The first-order valence-electron chi connectivity index (χ1n) is 8.58. The molecule has 0 spiro atoms. The zero-order valence-electron chi connectivity index (χ0n) is 14.0. The SMILES string of the molecule is CC1CNCC[C@@H]2c3cc(S(=O)(=O)c4cccc(F)c4)ccc3NC12. The molecule has 0 bridgehead atoms. The molecule has 0 radical (unpaired) electrons. The largest absolute Gasteiger partial charge is 0.381 e. The van der Waals surface area contributed by atoms with E-state index in [1.54, 1.807) is 12.1 Å². The minimum atomic E-state index is -3.73. The zero-order valence-corrected chi connectivity index (χ0v) is 14.8. The van der Waals surface area contributed by atoms with Gasteiger partial charge in [-0.05, 0) is 67.4 Å². The van der Waals surface area contributed by atoms with Crippen molar-refractivity contribution in [3.8, 4) is 0 Å². The Bertz CT molecular complexity index is 913. The van der Waals surface area contributed by atoms with Gasteiger partial charge in [0.05, 0.1) is 9.79 Å². The minimum absolute atomic E-state index is 0.00847. The van der Waals surface area contributed by atoms with Crippen LogP contribution in [0.2, 0.25) is 0 Å². The number of fused-ring (bicyclic) bond motifs is 3. The Morgan fingerprint density at radius 3 is 2.72 bits per heavy atom. The van der Waals surface area contributed by atoms with Crippen molar-refractivity contribution >= 4 is 15.5 Å². The van der Waals surface area contributed by atoms with E-state index >= 15 is 0 Å². The van der Waals surface area contributed by atoms with Gasteiger partial charge in [0.25, 0.3) is 0 Å². The Hall–Kier alpha value is -1.92. The van der Waals surface area contributed by atoms with Gasteiger partial charge >= 0.3 is 0 Å². The molecule has 2 N–H and O–H groups in total. The fourth-order valence-electron chi connectivity index (χ4n) is 3.98. The molecule has 2 heterocycles. The fourth-order valence-corrected chi connectivity index (χ4v) is 5.31. The second-order valence-electron chi connectivity index (χ2n) is 6.96. The average Bonchev–Trinajstić information content (AvgIpc) is 2.86. The van der Waals surface area contributed by atoms with Crippen LogP contribution in [0, 0.1) is 11.7 Å². The van der Waals surface area contributed by atoms with Gasteiger partial charge in [-0.25, -0.2) is 12.8 Å². The van der Waals surface area contributed by atoms with Crippen molar-refractivity contribution in [1.82, 2.24) is 5.32 Å². The smallest absolute Gasteiger partial charge is 0.206 e. The van der Waals surface area contributed by atoms with Gasteiger partial charge in [0.15, 0.2) is 0 Å². The van der Waals surface area contributed by atoms with E-state index in [1.807, 2.05) is 6.07 Å². The monoisotopic (exact) mass is 360 g/mol. The number of benzene rings is 2. The highest BCUT2D eigenvalue weighted by molar-refractivity contribution is 7.91. The highest BCUT2D eigenvalue weighted by Gasteiger charge is 2.37. The summed E-state index contributed by atoms with van der Waals surface area (Å²) in [6.07, 6.45) is 0.971. The van der Waals surface area contributed by atoms with E-state index in [9.17, 15) is 12.8 Å². The summed E-state index contributed by atoms with van der Waals surface area (Å²) in [5, 5.41) is 6.99. The third-order valence-electron chi connectivity index (χ3n) is 5.31. The van der Waals surface area contributed by atoms with Crippen LogP contribution in [0.15, 0.2) is 52.3 Å². The lowest BCUT2D eigenvalue weighted by atomic mass is 9.87. The maximum absolute atomic E-state index is 13.5. The predicted octanol–water partition coefficient (Wildman–Crippen LogP) is 3.17. The van der Waals surface area contributed by atoms with Gasteiger partial charge in [-0.2, -0.15) is 0 Å². The van der Waals surface area contributed by atoms with Crippen molar-refractivity contribution in [2.75, 3.05) is 18.4 Å². The molecule has 2 aromatic rings. The van der Waals surface area contributed by atoms with Crippen LogP contribution in [-0.2, 0) is 9.84 Å². The molecule has 0 aromatic heterocycles. The fraction of sp³-hybridized carbons (Fsp3) is 0.368. The summed E-state index contributed by atoms with van der Waals surface area (Å²) >= 11 is 0. The van der Waals surface area contributed by atoms with Gasteiger partial charge in [0.1, 0.15) is 5.82 Å². The lowest BCUT2D eigenvalue weighted by Gasteiger charge is -2.22. The Balaban J connectivity index is 1.75. The molecule has 0 aliphatic carbocycles. The van der Waals surface area contributed by atoms with E-state index in [1.165, 1.54) is 18.2 Å². The first-order valence-corrected chi connectivity index (χ1v) is 10.1. The molecule has 1 saturated heterocycles. The van der Waals surface area contributed by atoms with Crippen molar-refractivity contribution in [1.29, 1.82) is 0 Å². The second kappa shape index (κ2) is 6.11. The van der Waals surface area contributed by atoms with Crippen LogP contribution in [0.25, 0.3) is 0 Å². The molecule has 2 aliphatic rings. The van der Waals surface area contributed by atoms with Crippen molar-refractivity contribution in [3.63, 3.8) is 0 Å². The van der Waals surface area contributed by atoms with Gasteiger partial charge in [-0.15, -0.1) is 0 Å². The van der Waals surface area contributed by atoms with Crippen molar-refractivity contribution in [3.05, 3.63) is 53.8 Å². The molecule has 3 atom stereocenters. The van der Waals surface area contributed by atoms with E-state index in [0.29, 0.717) is 17.9 Å². The van der Waals surface area contributed by atoms with Crippen LogP contribution >= 0.6 is 0 Å². The first kappa shape index (κ1) is 16.5. The first-order chi connectivity index (χ1) is 12.0. The average molecular weight is 360 g/mol. The van der Waals surface area contributed by atoms with E-state index in [-0.39, 0.29) is 9.79 Å². The van der Waals surface area contributed by atoms with Gasteiger partial charge < -0.3 is 10.6 Å². The van der Waals surface area contributed by atoms with Gasteiger partial charge in [0, 0.05) is 17.6 Å². The quantitative estimate of drug-likeness (QED) is 0.864. The lowest BCUT2D eigenvalue weighted by molar-refractivity contribution is 0.454. The number of halogens is 1. The maximum atomic E-state index is 13.5.